The fraction of sp³-hybridized carbons (Fsp3) is 0.308. The largest absolute Gasteiger partial charge is 0.484 e. The van der Waals surface area contributed by atoms with Crippen LogP contribution in [0.5, 0.6) is 5.75 Å². The Hall–Kier alpha value is -2.08. The van der Waals surface area contributed by atoms with Crippen molar-refractivity contribution >= 4 is 17.5 Å². The molecular weight excluding hydrogens is 280 g/mol. The minimum Gasteiger partial charge on any atom is -0.484 e. The first-order valence-electron chi connectivity index (χ1n) is 6.05. The van der Waals surface area contributed by atoms with Gasteiger partial charge in [0.15, 0.2) is 12.4 Å². The number of nitrogens with zero attached hydrogens (tertiary/aromatic N) is 3. The van der Waals surface area contributed by atoms with Gasteiger partial charge in [-0.15, -0.1) is 0 Å². The van der Waals surface area contributed by atoms with Gasteiger partial charge in [0.25, 0.3) is 5.91 Å². The van der Waals surface area contributed by atoms with Crippen molar-refractivity contribution in [2.24, 2.45) is 0 Å². The first-order chi connectivity index (χ1) is 9.54. The second-order valence-corrected chi connectivity index (χ2v) is 4.77. The number of aromatic amines is 1. The topological polar surface area (TPSA) is 71.1 Å². The van der Waals surface area contributed by atoms with Gasteiger partial charge in [-0.3, -0.25) is 9.89 Å². The number of hydrogen-bond donors (Lipinski definition) is 1. The van der Waals surface area contributed by atoms with Crippen LogP contribution in [0, 0.1) is 6.92 Å². The molecule has 0 aliphatic rings. The van der Waals surface area contributed by atoms with E-state index in [0.717, 1.165) is 5.82 Å². The maximum Gasteiger partial charge on any atom is 0.260 e. The molecule has 0 radical (unpaired) electrons. The van der Waals surface area contributed by atoms with Crippen molar-refractivity contribution in [2.45, 2.75) is 13.5 Å². The third-order valence-electron chi connectivity index (χ3n) is 2.62. The summed E-state index contributed by atoms with van der Waals surface area (Å²) in [6, 6.07) is 6.85. The van der Waals surface area contributed by atoms with Crippen molar-refractivity contribution in [1.29, 1.82) is 0 Å². The Bertz CT molecular complexity index is 582. The Morgan fingerprint density at radius 1 is 1.40 bits per heavy atom. The van der Waals surface area contributed by atoms with Crippen molar-refractivity contribution in [1.82, 2.24) is 20.1 Å². The van der Waals surface area contributed by atoms with Gasteiger partial charge in [0.1, 0.15) is 11.6 Å². The minimum atomic E-state index is -0.151. The standard InChI is InChI=1S/C13H15ClN4O2/c1-9-15-12(17-16-9)7-18(2)13(19)8-20-11-5-3-10(14)4-6-11/h3-6H,7-8H2,1-2H3,(H,15,16,17). The van der Waals surface area contributed by atoms with Crippen LogP contribution in [0.4, 0.5) is 0 Å². The third-order valence-corrected chi connectivity index (χ3v) is 2.88. The van der Waals surface area contributed by atoms with E-state index in [0.29, 0.717) is 23.1 Å². The molecule has 1 aromatic heterocycles. The van der Waals surface area contributed by atoms with Crippen molar-refractivity contribution in [3.63, 3.8) is 0 Å². The van der Waals surface area contributed by atoms with Crippen LogP contribution in [-0.4, -0.2) is 39.6 Å². The second-order valence-electron chi connectivity index (χ2n) is 4.33. The van der Waals surface area contributed by atoms with Gasteiger partial charge in [0, 0.05) is 12.1 Å². The van der Waals surface area contributed by atoms with Gasteiger partial charge in [-0.2, -0.15) is 5.10 Å². The molecule has 2 rings (SSSR count). The molecular formula is C13H15ClN4O2. The summed E-state index contributed by atoms with van der Waals surface area (Å²) in [6.45, 7) is 2.11. The van der Waals surface area contributed by atoms with E-state index in [4.69, 9.17) is 16.3 Å². The Balaban J connectivity index is 1.83. The molecule has 7 heteroatoms. The Kier molecular flexibility index (Phi) is 4.57. The molecule has 1 heterocycles. The molecule has 6 nitrogen and oxygen atoms in total. The summed E-state index contributed by atoms with van der Waals surface area (Å²) in [7, 11) is 1.68. The molecule has 106 valence electrons. The molecule has 2 aromatic rings. The van der Waals surface area contributed by atoms with E-state index in [1.807, 2.05) is 6.92 Å². The number of nitrogens with one attached hydrogen (secondary N) is 1. The Labute approximate surface area is 121 Å². The highest BCUT2D eigenvalue weighted by atomic mass is 35.5. The summed E-state index contributed by atoms with van der Waals surface area (Å²) < 4.78 is 5.39. The molecule has 0 saturated heterocycles. The summed E-state index contributed by atoms with van der Waals surface area (Å²) in [5.41, 5.74) is 0. The summed E-state index contributed by atoms with van der Waals surface area (Å²) >= 11 is 5.77. The fourth-order valence-electron chi connectivity index (χ4n) is 1.55. The number of amides is 1. The summed E-state index contributed by atoms with van der Waals surface area (Å²) in [6.07, 6.45) is 0. The van der Waals surface area contributed by atoms with E-state index in [1.165, 1.54) is 4.90 Å². The van der Waals surface area contributed by atoms with Crippen molar-refractivity contribution in [3.8, 4) is 5.75 Å². The summed E-state index contributed by atoms with van der Waals surface area (Å²) in [5.74, 6) is 1.75. The zero-order chi connectivity index (χ0) is 14.5. The zero-order valence-corrected chi connectivity index (χ0v) is 12.0. The molecule has 0 fully saturated rings. The maximum absolute atomic E-state index is 11.9. The van der Waals surface area contributed by atoms with Gasteiger partial charge >= 0.3 is 0 Å². The van der Waals surface area contributed by atoms with Crippen LogP contribution in [0.25, 0.3) is 0 Å². The molecule has 0 atom stereocenters. The highest BCUT2D eigenvalue weighted by Gasteiger charge is 2.12. The lowest BCUT2D eigenvalue weighted by atomic mass is 10.3. The molecule has 1 amide bonds. The number of carbonyl (C=O) groups excluding carboxylic acids is 1. The second kappa shape index (κ2) is 6.38. The molecule has 0 saturated carbocycles. The number of hydrogen-bond acceptors (Lipinski definition) is 4. The molecule has 0 aliphatic heterocycles. The van der Waals surface area contributed by atoms with Crippen LogP contribution in [0.2, 0.25) is 5.02 Å². The van der Waals surface area contributed by atoms with Gasteiger partial charge in [-0.25, -0.2) is 4.98 Å². The molecule has 0 unspecified atom stereocenters. The first kappa shape index (κ1) is 14.3. The van der Waals surface area contributed by atoms with Gasteiger partial charge in [0.2, 0.25) is 0 Å². The molecule has 1 N–H and O–H groups in total. The highest BCUT2D eigenvalue weighted by molar-refractivity contribution is 6.30. The predicted octanol–water partition coefficient (Wildman–Crippen LogP) is 1.80. The van der Waals surface area contributed by atoms with Gasteiger partial charge in [0.05, 0.1) is 6.54 Å². The van der Waals surface area contributed by atoms with Gasteiger partial charge in [-0.05, 0) is 31.2 Å². The zero-order valence-electron chi connectivity index (χ0n) is 11.3. The van der Waals surface area contributed by atoms with Crippen molar-refractivity contribution in [2.75, 3.05) is 13.7 Å². The maximum atomic E-state index is 11.9. The Morgan fingerprint density at radius 2 is 2.10 bits per heavy atom. The highest BCUT2D eigenvalue weighted by Crippen LogP contribution is 2.15. The predicted molar refractivity (Wildman–Crippen MR) is 74.5 cm³/mol. The van der Waals surface area contributed by atoms with Crippen LogP contribution in [0.1, 0.15) is 11.6 Å². The molecule has 0 aliphatic carbocycles. The summed E-state index contributed by atoms with van der Waals surface area (Å²) in [4.78, 5) is 17.6. The number of likely N-dealkylation sites (N-methyl/N-ethyl adjacent to an activating group) is 1. The number of aryl methyl sites for hydroxylation is 1. The van der Waals surface area contributed by atoms with Gasteiger partial charge in [-0.1, -0.05) is 11.6 Å². The first-order valence-corrected chi connectivity index (χ1v) is 6.42. The lowest BCUT2D eigenvalue weighted by molar-refractivity contribution is -0.132. The van der Waals surface area contributed by atoms with Crippen molar-refractivity contribution < 1.29 is 9.53 Å². The number of halogens is 1. The van der Waals surface area contributed by atoms with Crippen LogP contribution in [-0.2, 0) is 11.3 Å². The monoisotopic (exact) mass is 294 g/mol. The van der Waals surface area contributed by atoms with Crippen LogP contribution < -0.4 is 4.74 Å². The Morgan fingerprint density at radius 3 is 2.70 bits per heavy atom. The van der Waals surface area contributed by atoms with E-state index in [1.54, 1.807) is 31.3 Å². The lowest BCUT2D eigenvalue weighted by Gasteiger charge is -2.15. The SMILES string of the molecule is Cc1nc(CN(C)C(=O)COc2ccc(Cl)cc2)n[nH]1. The van der Waals surface area contributed by atoms with Crippen molar-refractivity contribution in [3.05, 3.63) is 40.9 Å². The molecule has 0 spiro atoms. The summed E-state index contributed by atoms with van der Waals surface area (Å²) in [5, 5.41) is 7.34. The smallest absolute Gasteiger partial charge is 0.260 e. The van der Waals surface area contributed by atoms with Crippen LogP contribution in [0.3, 0.4) is 0 Å². The quantitative estimate of drug-likeness (QED) is 0.913. The van der Waals surface area contributed by atoms with E-state index in [2.05, 4.69) is 15.2 Å². The average molecular weight is 295 g/mol. The number of aromatic nitrogens is 3. The normalized spacial score (nSPS) is 10.3. The van der Waals surface area contributed by atoms with E-state index in [9.17, 15) is 4.79 Å². The number of rotatable bonds is 5. The van der Waals surface area contributed by atoms with E-state index in [-0.39, 0.29) is 12.5 Å². The number of H-pyrrole nitrogens is 1. The molecule has 20 heavy (non-hydrogen) atoms. The van der Waals surface area contributed by atoms with E-state index >= 15 is 0 Å². The van der Waals surface area contributed by atoms with Crippen LogP contribution >= 0.6 is 11.6 Å². The number of carbonyl (C=O) groups is 1. The molecule has 0 bridgehead atoms. The minimum absolute atomic E-state index is 0.0401. The van der Waals surface area contributed by atoms with Crippen LogP contribution in [0.15, 0.2) is 24.3 Å². The van der Waals surface area contributed by atoms with Gasteiger partial charge < -0.3 is 9.64 Å². The third kappa shape index (κ3) is 3.96. The molecule has 1 aromatic carbocycles. The average Bonchev–Trinajstić information content (AvgIpc) is 2.83. The number of ether oxygens (including phenoxy) is 1. The fourth-order valence-corrected chi connectivity index (χ4v) is 1.67. The van der Waals surface area contributed by atoms with E-state index < -0.39 is 0 Å². The number of benzene rings is 1. The lowest BCUT2D eigenvalue weighted by Crippen LogP contribution is -2.31.